The number of likely N-dealkylation sites (tertiary alicyclic amines) is 1. The lowest BCUT2D eigenvalue weighted by Gasteiger charge is -2.34. The van der Waals surface area contributed by atoms with E-state index in [1.54, 1.807) is 16.9 Å². The lowest BCUT2D eigenvalue weighted by atomic mass is 9.84. The van der Waals surface area contributed by atoms with Gasteiger partial charge in [-0.2, -0.15) is 0 Å². The summed E-state index contributed by atoms with van der Waals surface area (Å²) in [4.78, 5) is 27.4. The molecule has 134 valence electrons. The van der Waals surface area contributed by atoms with Gasteiger partial charge in [0.25, 0.3) is 5.91 Å². The first-order valence-corrected chi connectivity index (χ1v) is 9.12. The fourth-order valence-electron chi connectivity index (χ4n) is 2.93. The molecule has 2 amide bonds. The molecular weight excluding hydrogens is 326 g/mol. The Morgan fingerprint density at radius 1 is 1.33 bits per heavy atom. The van der Waals surface area contributed by atoms with E-state index in [0.29, 0.717) is 5.56 Å². The van der Waals surface area contributed by atoms with Crippen LogP contribution in [0.1, 0.15) is 54.9 Å². The van der Waals surface area contributed by atoms with Crippen molar-refractivity contribution in [3.05, 3.63) is 21.9 Å². The highest BCUT2D eigenvalue weighted by Crippen LogP contribution is 2.36. The van der Waals surface area contributed by atoms with E-state index in [-0.39, 0.29) is 23.3 Å². The zero-order valence-electron chi connectivity index (χ0n) is 14.8. The van der Waals surface area contributed by atoms with Crippen molar-refractivity contribution in [3.8, 4) is 0 Å². The van der Waals surface area contributed by atoms with Crippen LogP contribution in [0.2, 0.25) is 0 Å². The number of hydrogen-bond acceptors (Lipinski definition) is 5. The molecule has 24 heavy (non-hydrogen) atoms. The number of hydrogen-bond donors (Lipinski definition) is 3. The predicted octanol–water partition coefficient (Wildman–Crippen LogP) is 2.41. The zero-order valence-corrected chi connectivity index (χ0v) is 15.6. The van der Waals surface area contributed by atoms with Gasteiger partial charge in [0.15, 0.2) is 0 Å². The number of hydroxylamine groups is 1. The maximum Gasteiger partial charge on any atom is 0.275 e. The quantitative estimate of drug-likeness (QED) is 0.573. The standard InChI is InChI=1S/C17H27N3O3S/c1-17(2,3)14(13-9-12(10-24-13)16(22)19-23)18-15(21)11-5-7-20(4)8-6-11/h9-11,14,23H,5-8H2,1-4H3,(H,18,21)(H,19,22)/t14-/m1/s1. The summed E-state index contributed by atoms with van der Waals surface area (Å²) in [7, 11) is 2.07. The van der Waals surface area contributed by atoms with Gasteiger partial charge in [-0.05, 0) is 44.5 Å². The second-order valence-corrected chi connectivity index (χ2v) is 8.51. The molecule has 1 aromatic heterocycles. The van der Waals surface area contributed by atoms with Crippen LogP contribution in [0.15, 0.2) is 11.4 Å². The van der Waals surface area contributed by atoms with Gasteiger partial charge in [0, 0.05) is 16.2 Å². The number of piperidine rings is 1. The molecule has 1 saturated heterocycles. The van der Waals surface area contributed by atoms with E-state index < -0.39 is 5.91 Å². The number of rotatable bonds is 4. The Bertz CT molecular complexity index is 586. The number of nitrogens with one attached hydrogen (secondary N) is 2. The van der Waals surface area contributed by atoms with Crippen LogP contribution in [0, 0.1) is 11.3 Å². The predicted molar refractivity (Wildman–Crippen MR) is 94.1 cm³/mol. The molecule has 0 unspecified atom stereocenters. The Hall–Kier alpha value is -1.44. The van der Waals surface area contributed by atoms with Gasteiger partial charge in [0.1, 0.15) is 0 Å². The monoisotopic (exact) mass is 353 g/mol. The molecule has 2 heterocycles. The third-order valence-electron chi connectivity index (χ3n) is 4.51. The molecule has 0 radical (unpaired) electrons. The molecule has 3 N–H and O–H groups in total. The van der Waals surface area contributed by atoms with Crippen molar-refractivity contribution in [2.45, 2.75) is 39.7 Å². The summed E-state index contributed by atoms with van der Waals surface area (Å²) >= 11 is 1.42. The topological polar surface area (TPSA) is 81.7 Å². The number of nitrogens with zero attached hydrogens (tertiary/aromatic N) is 1. The Kier molecular flexibility index (Phi) is 6.01. The summed E-state index contributed by atoms with van der Waals surface area (Å²) in [5.41, 5.74) is 1.87. The Morgan fingerprint density at radius 3 is 2.50 bits per heavy atom. The summed E-state index contributed by atoms with van der Waals surface area (Å²) < 4.78 is 0. The molecule has 0 saturated carbocycles. The van der Waals surface area contributed by atoms with E-state index in [2.05, 4.69) is 38.0 Å². The van der Waals surface area contributed by atoms with E-state index in [0.717, 1.165) is 30.8 Å². The van der Waals surface area contributed by atoms with Gasteiger partial charge in [0.2, 0.25) is 5.91 Å². The highest BCUT2D eigenvalue weighted by atomic mass is 32.1. The molecule has 0 bridgehead atoms. The fourth-order valence-corrected chi connectivity index (χ4v) is 4.11. The summed E-state index contributed by atoms with van der Waals surface area (Å²) in [5, 5.41) is 13.6. The van der Waals surface area contributed by atoms with Crippen LogP contribution in [-0.4, -0.2) is 42.1 Å². The zero-order chi connectivity index (χ0) is 17.9. The number of thiophene rings is 1. The minimum absolute atomic E-state index is 0.0474. The largest absolute Gasteiger partial charge is 0.348 e. The van der Waals surface area contributed by atoms with Gasteiger partial charge in [-0.15, -0.1) is 11.3 Å². The number of amides is 2. The second kappa shape index (κ2) is 7.63. The van der Waals surface area contributed by atoms with E-state index in [4.69, 9.17) is 5.21 Å². The van der Waals surface area contributed by atoms with Crippen molar-refractivity contribution in [1.82, 2.24) is 15.7 Å². The minimum atomic E-state index is -0.535. The minimum Gasteiger partial charge on any atom is -0.348 e. The van der Waals surface area contributed by atoms with Crippen molar-refractivity contribution >= 4 is 23.2 Å². The van der Waals surface area contributed by atoms with Crippen LogP contribution < -0.4 is 10.8 Å². The molecule has 1 atom stereocenters. The van der Waals surface area contributed by atoms with Crippen molar-refractivity contribution in [3.63, 3.8) is 0 Å². The fraction of sp³-hybridized carbons (Fsp3) is 0.647. The highest BCUT2D eigenvalue weighted by molar-refractivity contribution is 7.10. The smallest absolute Gasteiger partial charge is 0.275 e. The molecule has 0 spiro atoms. The molecule has 0 aromatic carbocycles. The third-order valence-corrected chi connectivity index (χ3v) is 5.51. The number of carbonyl (C=O) groups excluding carboxylic acids is 2. The van der Waals surface area contributed by atoms with E-state index in [9.17, 15) is 9.59 Å². The lowest BCUT2D eigenvalue weighted by molar-refractivity contribution is -0.127. The van der Waals surface area contributed by atoms with Crippen LogP contribution in [0.25, 0.3) is 0 Å². The van der Waals surface area contributed by atoms with Crippen molar-refractivity contribution in [1.29, 1.82) is 0 Å². The first-order chi connectivity index (χ1) is 11.2. The molecule has 7 heteroatoms. The van der Waals surface area contributed by atoms with Gasteiger partial charge in [-0.3, -0.25) is 14.8 Å². The first-order valence-electron chi connectivity index (χ1n) is 8.24. The third kappa shape index (κ3) is 4.55. The SMILES string of the molecule is CN1CCC(C(=O)N[C@H](c2cc(C(=O)NO)cs2)C(C)(C)C)CC1. The summed E-state index contributed by atoms with van der Waals surface area (Å²) in [6.07, 6.45) is 1.75. The molecular formula is C17H27N3O3S. The summed E-state index contributed by atoms with van der Waals surface area (Å²) in [6, 6.07) is 1.57. The van der Waals surface area contributed by atoms with Crippen molar-refractivity contribution in [2.24, 2.45) is 11.3 Å². The van der Waals surface area contributed by atoms with E-state index in [1.807, 2.05) is 0 Å². The van der Waals surface area contributed by atoms with Crippen LogP contribution >= 0.6 is 11.3 Å². The van der Waals surface area contributed by atoms with Gasteiger partial charge >= 0.3 is 0 Å². The van der Waals surface area contributed by atoms with Crippen molar-refractivity contribution in [2.75, 3.05) is 20.1 Å². The van der Waals surface area contributed by atoms with E-state index in [1.165, 1.54) is 11.3 Å². The van der Waals surface area contributed by atoms with Crippen LogP contribution in [0.5, 0.6) is 0 Å². The van der Waals surface area contributed by atoms with Crippen LogP contribution in [0.3, 0.4) is 0 Å². The molecule has 1 aliphatic heterocycles. The highest BCUT2D eigenvalue weighted by Gasteiger charge is 2.32. The molecule has 1 fully saturated rings. The maximum atomic E-state index is 12.7. The maximum absolute atomic E-state index is 12.7. The van der Waals surface area contributed by atoms with Gasteiger partial charge < -0.3 is 10.2 Å². The Balaban J connectivity index is 2.13. The molecule has 1 aliphatic rings. The molecule has 0 aliphatic carbocycles. The Morgan fingerprint density at radius 2 is 1.96 bits per heavy atom. The Labute approximate surface area is 147 Å². The first kappa shape index (κ1) is 18.9. The molecule has 6 nitrogen and oxygen atoms in total. The number of carbonyl (C=O) groups is 2. The average molecular weight is 353 g/mol. The van der Waals surface area contributed by atoms with Crippen molar-refractivity contribution < 1.29 is 14.8 Å². The van der Waals surface area contributed by atoms with Crippen LogP contribution in [-0.2, 0) is 4.79 Å². The van der Waals surface area contributed by atoms with Gasteiger partial charge in [-0.1, -0.05) is 20.8 Å². The second-order valence-electron chi connectivity index (χ2n) is 7.56. The van der Waals surface area contributed by atoms with Gasteiger partial charge in [-0.25, -0.2) is 5.48 Å². The average Bonchev–Trinajstić information content (AvgIpc) is 3.00. The van der Waals surface area contributed by atoms with Gasteiger partial charge in [0.05, 0.1) is 11.6 Å². The molecule has 1 aromatic rings. The lowest BCUT2D eigenvalue weighted by Crippen LogP contribution is -2.43. The summed E-state index contributed by atoms with van der Waals surface area (Å²) in [5.74, 6) is -0.400. The van der Waals surface area contributed by atoms with Crippen LogP contribution in [0.4, 0.5) is 0 Å². The van der Waals surface area contributed by atoms with E-state index >= 15 is 0 Å². The summed E-state index contributed by atoms with van der Waals surface area (Å²) in [6.45, 7) is 8.09. The molecule has 2 rings (SSSR count). The normalized spacial score (nSPS) is 18.2.